The molecule has 0 bridgehead atoms. The summed E-state index contributed by atoms with van der Waals surface area (Å²) in [5.41, 5.74) is 9.25. The number of aromatic nitrogens is 1. The number of piperidine rings is 1. The molecule has 2 aromatic rings. The minimum absolute atomic E-state index is 0.0538. The van der Waals surface area contributed by atoms with E-state index in [9.17, 15) is 9.59 Å². The maximum atomic E-state index is 13.3. The zero-order chi connectivity index (χ0) is 19.8. The summed E-state index contributed by atoms with van der Waals surface area (Å²) in [5.74, 6) is -0.165. The highest BCUT2D eigenvalue weighted by molar-refractivity contribution is 6.06. The Bertz CT molecular complexity index is 918. The van der Waals surface area contributed by atoms with E-state index in [2.05, 4.69) is 22.9 Å². The van der Waals surface area contributed by atoms with Crippen LogP contribution in [0, 0.1) is 13.8 Å². The first kappa shape index (κ1) is 18.9. The topological polar surface area (TPSA) is 79.5 Å². The summed E-state index contributed by atoms with van der Waals surface area (Å²) in [6, 6.07) is 6.22. The molecular weight excluding hydrogens is 352 g/mol. The highest BCUT2D eigenvalue weighted by Gasteiger charge is 2.36. The first-order chi connectivity index (χ1) is 13.5. The molecule has 0 saturated carbocycles. The molecule has 2 aliphatic heterocycles. The molecule has 148 valence electrons. The van der Waals surface area contributed by atoms with E-state index in [0.717, 1.165) is 54.3 Å². The first-order valence-corrected chi connectivity index (χ1v) is 10.2. The Labute approximate surface area is 165 Å². The average molecular weight is 380 g/mol. The standard InChI is InChI=1S/C22H28N4O2/c1-14-12-17-15(2)5-8-24-20(17)18(13-14)22(28)25-10-6-16(7-11-25)26-9-3-4-19(26)21(23)27/h5,8,12-13,16,19H,3-4,6-7,9-11H2,1-2H3,(H2,23,27). The van der Waals surface area contributed by atoms with Crippen molar-refractivity contribution in [1.82, 2.24) is 14.8 Å². The molecule has 2 fully saturated rings. The molecule has 1 atom stereocenters. The molecule has 6 nitrogen and oxygen atoms in total. The normalized spacial score (nSPS) is 21.4. The van der Waals surface area contributed by atoms with E-state index >= 15 is 0 Å². The number of hydrogen-bond acceptors (Lipinski definition) is 4. The molecule has 3 heterocycles. The van der Waals surface area contributed by atoms with Crippen LogP contribution >= 0.6 is 0 Å². The molecule has 2 amide bonds. The number of nitrogens with zero attached hydrogens (tertiary/aromatic N) is 3. The number of carbonyl (C=O) groups excluding carboxylic acids is 2. The lowest BCUT2D eigenvalue weighted by Crippen LogP contribution is -2.51. The molecule has 4 rings (SSSR count). The Morgan fingerprint density at radius 1 is 1.11 bits per heavy atom. The summed E-state index contributed by atoms with van der Waals surface area (Å²) >= 11 is 0. The van der Waals surface area contributed by atoms with Gasteiger partial charge in [-0.3, -0.25) is 19.5 Å². The number of amides is 2. The van der Waals surface area contributed by atoms with Gasteiger partial charge in [-0.1, -0.05) is 0 Å². The molecule has 0 spiro atoms. The van der Waals surface area contributed by atoms with E-state index in [1.54, 1.807) is 6.20 Å². The summed E-state index contributed by atoms with van der Waals surface area (Å²) in [5, 5.41) is 1.04. The lowest BCUT2D eigenvalue weighted by atomic mass is 9.98. The minimum atomic E-state index is -0.219. The van der Waals surface area contributed by atoms with Crippen LogP contribution in [-0.2, 0) is 4.79 Å². The van der Waals surface area contributed by atoms with Crippen LogP contribution in [0.4, 0.5) is 0 Å². The largest absolute Gasteiger partial charge is 0.368 e. The number of carbonyl (C=O) groups is 2. The lowest BCUT2D eigenvalue weighted by Gasteiger charge is -2.38. The third-order valence-corrected chi connectivity index (χ3v) is 6.28. The zero-order valence-electron chi connectivity index (χ0n) is 16.6. The fourth-order valence-corrected chi connectivity index (χ4v) is 4.80. The second kappa shape index (κ2) is 7.51. The van der Waals surface area contributed by atoms with Crippen LogP contribution < -0.4 is 5.73 Å². The summed E-state index contributed by atoms with van der Waals surface area (Å²) in [7, 11) is 0. The molecule has 0 radical (unpaired) electrons. The fourth-order valence-electron chi connectivity index (χ4n) is 4.80. The van der Waals surface area contributed by atoms with Gasteiger partial charge in [-0.05, 0) is 75.4 Å². The van der Waals surface area contributed by atoms with Crippen LogP contribution in [0.3, 0.4) is 0 Å². The fraction of sp³-hybridized carbons (Fsp3) is 0.500. The van der Waals surface area contributed by atoms with Gasteiger partial charge in [-0.2, -0.15) is 0 Å². The average Bonchev–Trinajstić information content (AvgIpc) is 3.18. The van der Waals surface area contributed by atoms with E-state index < -0.39 is 0 Å². The Morgan fingerprint density at radius 2 is 1.86 bits per heavy atom. The van der Waals surface area contributed by atoms with Crippen molar-refractivity contribution in [3.05, 3.63) is 41.1 Å². The van der Waals surface area contributed by atoms with Crippen molar-refractivity contribution in [1.29, 1.82) is 0 Å². The van der Waals surface area contributed by atoms with Crippen LogP contribution in [0.2, 0.25) is 0 Å². The molecular formula is C22H28N4O2. The van der Waals surface area contributed by atoms with Crippen molar-refractivity contribution < 1.29 is 9.59 Å². The van der Waals surface area contributed by atoms with Crippen molar-refractivity contribution in [2.75, 3.05) is 19.6 Å². The van der Waals surface area contributed by atoms with Gasteiger partial charge in [0.05, 0.1) is 17.1 Å². The number of pyridine rings is 1. The molecule has 1 unspecified atom stereocenters. The second-order valence-corrected chi connectivity index (χ2v) is 8.16. The van der Waals surface area contributed by atoms with Crippen molar-refractivity contribution >= 4 is 22.7 Å². The van der Waals surface area contributed by atoms with Gasteiger partial charge in [-0.15, -0.1) is 0 Å². The number of nitrogens with two attached hydrogens (primary N) is 1. The van der Waals surface area contributed by atoms with Gasteiger partial charge >= 0.3 is 0 Å². The first-order valence-electron chi connectivity index (χ1n) is 10.2. The van der Waals surface area contributed by atoms with Gasteiger partial charge in [0, 0.05) is 30.7 Å². The van der Waals surface area contributed by atoms with E-state index in [4.69, 9.17) is 5.73 Å². The lowest BCUT2D eigenvalue weighted by molar-refractivity contribution is -0.123. The van der Waals surface area contributed by atoms with E-state index in [-0.39, 0.29) is 17.9 Å². The summed E-state index contributed by atoms with van der Waals surface area (Å²) in [6.45, 7) is 6.40. The Hall–Kier alpha value is -2.47. The number of primary amides is 1. The molecule has 28 heavy (non-hydrogen) atoms. The van der Waals surface area contributed by atoms with E-state index in [1.165, 1.54) is 0 Å². The van der Waals surface area contributed by atoms with Crippen molar-refractivity contribution in [3.63, 3.8) is 0 Å². The summed E-state index contributed by atoms with van der Waals surface area (Å²) < 4.78 is 0. The summed E-state index contributed by atoms with van der Waals surface area (Å²) in [6.07, 6.45) is 5.41. The van der Waals surface area contributed by atoms with Crippen LogP contribution in [-0.4, -0.2) is 58.3 Å². The van der Waals surface area contributed by atoms with Gasteiger partial charge in [0.25, 0.3) is 5.91 Å². The van der Waals surface area contributed by atoms with Gasteiger partial charge in [0.1, 0.15) is 0 Å². The predicted molar refractivity (Wildman–Crippen MR) is 109 cm³/mol. The number of likely N-dealkylation sites (tertiary alicyclic amines) is 2. The minimum Gasteiger partial charge on any atom is -0.368 e. The molecule has 1 aromatic carbocycles. The Morgan fingerprint density at radius 3 is 2.57 bits per heavy atom. The number of fused-ring (bicyclic) bond motifs is 1. The summed E-state index contributed by atoms with van der Waals surface area (Å²) in [4.78, 5) is 33.7. The van der Waals surface area contributed by atoms with Crippen molar-refractivity contribution in [2.24, 2.45) is 5.73 Å². The monoisotopic (exact) mass is 380 g/mol. The number of aryl methyl sites for hydroxylation is 2. The molecule has 2 aliphatic rings. The SMILES string of the molecule is Cc1cc(C(=O)N2CCC(N3CCCC3C(N)=O)CC2)c2nccc(C)c2c1. The van der Waals surface area contributed by atoms with Crippen molar-refractivity contribution in [3.8, 4) is 0 Å². The smallest absolute Gasteiger partial charge is 0.256 e. The molecule has 1 aromatic heterocycles. The van der Waals surface area contributed by atoms with E-state index in [0.29, 0.717) is 24.7 Å². The highest BCUT2D eigenvalue weighted by atomic mass is 16.2. The van der Waals surface area contributed by atoms with Gasteiger partial charge in [-0.25, -0.2) is 0 Å². The molecule has 0 aliphatic carbocycles. The van der Waals surface area contributed by atoms with Crippen molar-refractivity contribution in [2.45, 2.75) is 51.6 Å². The van der Waals surface area contributed by atoms with Crippen LogP contribution in [0.25, 0.3) is 10.9 Å². The highest BCUT2D eigenvalue weighted by Crippen LogP contribution is 2.28. The second-order valence-electron chi connectivity index (χ2n) is 8.16. The van der Waals surface area contributed by atoms with E-state index in [1.807, 2.05) is 24.0 Å². The van der Waals surface area contributed by atoms with Gasteiger partial charge < -0.3 is 10.6 Å². The van der Waals surface area contributed by atoms with Crippen LogP contribution in [0.1, 0.15) is 47.2 Å². The van der Waals surface area contributed by atoms with Crippen LogP contribution in [0.15, 0.2) is 24.4 Å². The Kier molecular flexibility index (Phi) is 5.06. The third-order valence-electron chi connectivity index (χ3n) is 6.28. The van der Waals surface area contributed by atoms with Crippen LogP contribution in [0.5, 0.6) is 0 Å². The number of hydrogen-bond donors (Lipinski definition) is 1. The van der Waals surface area contributed by atoms with Gasteiger partial charge in [0.2, 0.25) is 5.91 Å². The molecule has 2 saturated heterocycles. The maximum absolute atomic E-state index is 13.3. The molecule has 6 heteroatoms. The quantitative estimate of drug-likeness (QED) is 0.887. The third kappa shape index (κ3) is 3.37. The zero-order valence-corrected chi connectivity index (χ0v) is 16.6. The number of rotatable bonds is 3. The maximum Gasteiger partial charge on any atom is 0.256 e. The number of benzene rings is 1. The van der Waals surface area contributed by atoms with Gasteiger partial charge in [0.15, 0.2) is 0 Å². The predicted octanol–water partition coefficient (Wildman–Crippen LogP) is 2.41. The Balaban J connectivity index is 1.51. The molecule has 2 N–H and O–H groups in total.